The molecule has 0 saturated heterocycles. The van der Waals surface area contributed by atoms with Crippen LogP contribution < -0.4 is 5.32 Å². The molecule has 1 unspecified atom stereocenters. The van der Waals surface area contributed by atoms with Crippen LogP contribution in [-0.2, 0) is 24.2 Å². The van der Waals surface area contributed by atoms with Gasteiger partial charge in [0.15, 0.2) is 9.84 Å². The van der Waals surface area contributed by atoms with Gasteiger partial charge in [-0.3, -0.25) is 9.59 Å². The van der Waals surface area contributed by atoms with Gasteiger partial charge in [0, 0.05) is 6.54 Å². The van der Waals surface area contributed by atoms with Crippen molar-refractivity contribution in [3.63, 3.8) is 0 Å². The zero-order chi connectivity index (χ0) is 16.3. The van der Waals surface area contributed by atoms with E-state index in [4.69, 9.17) is 0 Å². The largest absolute Gasteiger partial charge is 0.469 e. The Morgan fingerprint density at radius 1 is 1.24 bits per heavy atom. The molecule has 1 amide bonds. The van der Waals surface area contributed by atoms with Crippen LogP contribution in [0.25, 0.3) is 0 Å². The average molecular weight is 319 g/mol. The van der Waals surface area contributed by atoms with Crippen LogP contribution in [0.5, 0.6) is 0 Å². The van der Waals surface area contributed by atoms with Crippen LogP contribution in [-0.4, -0.2) is 45.0 Å². The third-order valence-electron chi connectivity index (χ3n) is 3.80. The first-order chi connectivity index (χ1) is 9.62. The van der Waals surface area contributed by atoms with Crippen molar-refractivity contribution in [1.29, 1.82) is 0 Å². The molecule has 0 aromatic rings. The number of methoxy groups -OCH3 is 1. The molecule has 7 heteroatoms. The Balaban J connectivity index is 2.64. The monoisotopic (exact) mass is 319 g/mol. The third kappa shape index (κ3) is 5.30. The quantitative estimate of drug-likeness (QED) is 0.672. The number of nitrogens with one attached hydrogen (secondary N) is 1. The van der Waals surface area contributed by atoms with Crippen LogP contribution in [0.4, 0.5) is 0 Å². The van der Waals surface area contributed by atoms with Gasteiger partial charge >= 0.3 is 5.97 Å². The van der Waals surface area contributed by atoms with Gasteiger partial charge in [0.25, 0.3) is 0 Å². The van der Waals surface area contributed by atoms with E-state index in [0.29, 0.717) is 19.4 Å². The van der Waals surface area contributed by atoms with Gasteiger partial charge < -0.3 is 10.1 Å². The van der Waals surface area contributed by atoms with Crippen molar-refractivity contribution in [2.45, 2.75) is 45.3 Å². The number of carbonyl (C=O) groups is 2. The lowest BCUT2D eigenvalue weighted by Crippen LogP contribution is -2.41. The van der Waals surface area contributed by atoms with Crippen molar-refractivity contribution in [3.8, 4) is 0 Å². The second-order valence-corrected chi connectivity index (χ2v) is 8.66. The molecule has 122 valence electrons. The van der Waals surface area contributed by atoms with Crippen LogP contribution >= 0.6 is 0 Å². The molecule has 1 rings (SSSR count). The number of esters is 1. The fourth-order valence-electron chi connectivity index (χ4n) is 2.09. The Hall–Kier alpha value is -1.11. The van der Waals surface area contributed by atoms with Gasteiger partial charge in [0.2, 0.25) is 5.91 Å². The zero-order valence-electron chi connectivity index (χ0n) is 13.1. The summed E-state index contributed by atoms with van der Waals surface area (Å²) in [7, 11) is -2.29. The first-order valence-electron chi connectivity index (χ1n) is 7.18. The lowest BCUT2D eigenvalue weighted by atomic mass is 10.1. The molecule has 1 saturated carbocycles. The van der Waals surface area contributed by atoms with Crippen LogP contribution in [0.1, 0.15) is 40.0 Å². The van der Waals surface area contributed by atoms with E-state index in [2.05, 4.69) is 10.1 Å². The summed E-state index contributed by atoms with van der Waals surface area (Å²) in [6.07, 6.45) is 1.46. The highest BCUT2D eigenvalue weighted by Crippen LogP contribution is 2.50. The Labute approximate surface area is 126 Å². The molecule has 21 heavy (non-hydrogen) atoms. The van der Waals surface area contributed by atoms with E-state index in [1.165, 1.54) is 14.0 Å². The maximum absolute atomic E-state index is 12.3. The predicted molar refractivity (Wildman–Crippen MR) is 79.4 cm³/mol. The first kappa shape index (κ1) is 17.9. The molecule has 0 radical (unpaired) electrons. The van der Waals surface area contributed by atoms with Gasteiger partial charge in [0.05, 0.1) is 19.3 Å². The van der Waals surface area contributed by atoms with Crippen LogP contribution in [0, 0.1) is 11.3 Å². The number of rotatable bonds is 8. The fraction of sp³-hybridized carbons (Fsp3) is 0.857. The van der Waals surface area contributed by atoms with Crippen LogP contribution in [0.2, 0.25) is 0 Å². The van der Waals surface area contributed by atoms with E-state index in [-0.39, 0.29) is 18.1 Å². The van der Waals surface area contributed by atoms with Crippen molar-refractivity contribution in [2.75, 3.05) is 19.4 Å². The maximum Gasteiger partial charge on any atom is 0.306 e. The van der Waals surface area contributed by atoms with Gasteiger partial charge in [-0.1, -0.05) is 13.8 Å². The normalized spacial score (nSPS) is 18.1. The third-order valence-corrected chi connectivity index (χ3v) is 6.11. The molecule has 6 nitrogen and oxygen atoms in total. The molecule has 0 aromatic heterocycles. The second kappa shape index (κ2) is 6.77. The van der Waals surface area contributed by atoms with Crippen molar-refractivity contribution in [3.05, 3.63) is 0 Å². The fourth-order valence-corrected chi connectivity index (χ4v) is 3.99. The summed E-state index contributed by atoms with van der Waals surface area (Å²) in [6.45, 7) is 5.73. The first-order valence-corrected chi connectivity index (χ1v) is 8.89. The summed E-state index contributed by atoms with van der Waals surface area (Å²) in [5, 5.41) is 1.55. The van der Waals surface area contributed by atoms with Crippen molar-refractivity contribution < 1.29 is 22.7 Å². The Morgan fingerprint density at radius 3 is 2.24 bits per heavy atom. The van der Waals surface area contributed by atoms with Crippen molar-refractivity contribution in [2.24, 2.45) is 11.3 Å². The summed E-state index contributed by atoms with van der Waals surface area (Å²) in [6, 6.07) is 0. The van der Waals surface area contributed by atoms with E-state index in [1.807, 2.05) is 13.8 Å². The number of hydrogen-bond acceptors (Lipinski definition) is 5. The Kier molecular flexibility index (Phi) is 5.78. The predicted octanol–water partition coefficient (Wildman–Crippen LogP) is 0.905. The van der Waals surface area contributed by atoms with Gasteiger partial charge in [-0.05, 0) is 31.1 Å². The maximum atomic E-state index is 12.3. The van der Waals surface area contributed by atoms with Crippen molar-refractivity contribution in [1.82, 2.24) is 5.32 Å². The van der Waals surface area contributed by atoms with Gasteiger partial charge in [-0.15, -0.1) is 0 Å². The topological polar surface area (TPSA) is 89.5 Å². The summed E-state index contributed by atoms with van der Waals surface area (Å²) in [4.78, 5) is 23.2. The van der Waals surface area contributed by atoms with Gasteiger partial charge in [-0.25, -0.2) is 8.42 Å². The SMILES string of the molecule is COC(=O)CC1(CS(=O)(=O)C(C)C(=O)NCC(C)C)CC1. The minimum atomic E-state index is -3.58. The van der Waals surface area contributed by atoms with E-state index in [1.54, 1.807) is 0 Å². The molecule has 1 aliphatic rings. The van der Waals surface area contributed by atoms with Crippen LogP contribution in [0.15, 0.2) is 0 Å². The highest BCUT2D eigenvalue weighted by molar-refractivity contribution is 7.92. The summed E-state index contributed by atoms with van der Waals surface area (Å²) in [5.41, 5.74) is -0.529. The molecule has 0 heterocycles. The zero-order valence-corrected chi connectivity index (χ0v) is 14.0. The van der Waals surface area contributed by atoms with Crippen molar-refractivity contribution >= 4 is 21.7 Å². The molecule has 0 aliphatic heterocycles. The lowest BCUT2D eigenvalue weighted by Gasteiger charge is -2.18. The molecule has 0 spiro atoms. The van der Waals surface area contributed by atoms with E-state index >= 15 is 0 Å². The minimum absolute atomic E-state index is 0.100. The van der Waals surface area contributed by atoms with E-state index in [0.717, 1.165) is 0 Å². The molecule has 0 bridgehead atoms. The standard InChI is InChI=1S/C14H25NO5S/c1-10(2)8-15-13(17)11(3)21(18,19)9-14(5-6-14)7-12(16)20-4/h10-11H,5-9H2,1-4H3,(H,15,17). The number of carbonyl (C=O) groups excluding carboxylic acids is 2. The summed E-state index contributed by atoms with van der Waals surface area (Å²) in [5.74, 6) is -0.749. The molecule has 1 fully saturated rings. The number of hydrogen-bond donors (Lipinski definition) is 1. The Morgan fingerprint density at radius 2 is 1.81 bits per heavy atom. The molecule has 0 aromatic carbocycles. The lowest BCUT2D eigenvalue weighted by molar-refractivity contribution is -0.141. The molecule has 1 atom stereocenters. The van der Waals surface area contributed by atoms with Crippen LogP contribution in [0.3, 0.4) is 0 Å². The highest BCUT2D eigenvalue weighted by atomic mass is 32.2. The molecule has 1 N–H and O–H groups in total. The molecular weight excluding hydrogens is 294 g/mol. The number of sulfone groups is 1. The van der Waals surface area contributed by atoms with E-state index < -0.39 is 32.4 Å². The summed E-state index contributed by atoms with van der Waals surface area (Å²) >= 11 is 0. The van der Waals surface area contributed by atoms with Gasteiger partial charge in [-0.2, -0.15) is 0 Å². The smallest absolute Gasteiger partial charge is 0.306 e. The summed E-state index contributed by atoms with van der Waals surface area (Å²) < 4.78 is 29.3. The minimum Gasteiger partial charge on any atom is -0.469 e. The van der Waals surface area contributed by atoms with E-state index in [9.17, 15) is 18.0 Å². The number of amides is 1. The highest BCUT2D eigenvalue weighted by Gasteiger charge is 2.49. The Bertz CT molecular complexity index is 493. The van der Waals surface area contributed by atoms with Gasteiger partial charge in [0.1, 0.15) is 5.25 Å². The molecular formula is C14H25NO5S. The average Bonchev–Trinajstić information content (AvgIpc) is 3.13. The second-order valence-electron chi connectivity index (χ2n) is 6.34. The number of ether oxygens (including phenoxy) is 1. The molecule has 1 aliphatic carbocycles.